The van der Waals surface area contributed by atoms with Gasteiger partial charge in [0.15, 0.2) is 11.5 Å². The van der Waals surface area contributed by atoms with Gasteiger partial charge < -0.3 is 24.3 Å². The lowest BCUT2D eigenvalue weighted by Crippen LogP contribution is -2.12. The van der Waals surface area contributed by atoms with Crippen LogP contribution in [0.5, 0.6) is 11.5 Å². The molecule has 1 aliphatic rings. The number of nitrogens with zero attached hydrogens (tertiary/aromatic N) is 1. The lowest BCUT2D eigenvalue weighted by Gasteiger charge is -2.16. The van der Waals surface area contributed by atoms with Crippen molar-refractivity contribution in [2.75, 3.05) is 25.3 Å². The number of aromatic nitrogens is 1. The summed E-state index contributed by atoms with van der Waals surface area (Å²) in [6.07, 6.45) is 1.44. The van der Waals surface area contributed by atoms with E-state index in [1.807, 2.05) is 0 Å². The van der Waals surface area contributed by atoms with Crippen LogP contribution in [0.15, 0.2) is 42.6 Å². The van der Waals surface area contributed by atoms with Crippen molar-refractivity contribution < 1.29 is 28.5 Å². The van der Waals surface area contributed by atoms with Crippen molar-refractivity contribution in [3.05, 3.63) is 53.7 Å². The second-order valence-electron chi connectivity index (χ2n) is 6.38. The largest absolute Gasteiger partial charge is 0.462 e. The van der Waals surface area contributed by atoms with E-state index in [-0.39, 0.29) is 25.6 Å². The molecular formula is C22H20N2O6. The maximum Gasteiger partial charge on any atom is 0.341 e. The minimum atomic E-state index is -0.527. The monoisotopic (exact) mass is 408 g/mol. The number of hydrogen-bond donors (Lipinski definition) is 1. The summed E-state index contributed by atoms with van der Waals surface area (Å²) in [4.78, 5) is 29.4. The van der Waals surface area contributed by atoms with Crippen molar-refractivity contribution in [1.82, 2.24) is 4.98 Å². The molecule has 0 unspecified atom stereocenters. The van der Waals surface area contributed by atoms with Gasteiger partial charge in [0.05, 0.1) is 35.7 Å². The summed E-state index contributed by atoms with van der Waals surface area (Å²) >= 11 is 0. The molecule has 2 heterocycles. The van der Waals surface area contributed by atoms with Crippen LogP contribution in [0.4, 0.5) is 11.4 Å². The molecule has 0 bridgehead atoms. The molecule has 1 aromatic heterocycles. The quantitative estimate of drug-likeness (QED) is 0.610. The fourth-order valence-corrected chi connectivity index (χ4v) is 3.19. The van der Waals surface area contributed by atoms with Gasteiger partial charge in [0.1, 0.15) is 5.56 Å². The molecule has 0 radical (unpaired) electrons. The first-order valence-corrected chi connectivity index (χ1v) is 9.55. The fraction of sp³-hybridized carbons (Fsp3) is 0.227. The van der Waals surface area contributed by atoms with Crippen LogP contribution in [0.3, 0.4) is 0 Å². The smallest absolute Gasteiger partial charge is 0.341 e. The van der Waals surface area contributed by atoms with Gasteiger partial charge >= 0.3 is 11.9 Å². The molecule has 0 atom stereocenters. The maximum atomic E-state index is 12.6. The van der Waals surface area contributed by atoms with Crippen molar-refractivity contribution in [2.45, 2.75) is 13.8 Å². The number of anilines is 2. The van der Waals surface area contributed by atoms with Crippen LogP contribution in [0.2, 0.25) is 0 Å². The molecular weight excluding hydrogens is 388 g/mol. The summed E-state index contributed by atoms with van der Waals surface area (Å²) in [5.41, 5.74) is 2.13. The first-order valence-electron chi connectivity index (χ1n) is 9.55. The third-order valence-corrected chi connectivity index (χ3v) is 4.54. The van der Waals surface area contributed by atoms with E-state index in [2.05, 4.69) is 10.3 Å². The zero-order chi connectivity index (χ0) is 21.1. The topological polar surface area (TPSA) is 96.0 Å². The highest BCUT2D eigenvalue weighted by molar-refractivity contribution is 6.08. The summed E-state index contributed by atoms with van der Waals surface area (Å²) in [7, 11) is 0. The predicted octanol–water partition coefficient (Wildman–Crippen LogP) is 4.06. The van der Waals surface area contributed by atoms with Gasteiger partial charge in [0.2, 0.25) is 6.79 Å². The van der Waals surface area contributed by atoms with Crippen molar-refractivity contribution in [3.8, 4) is 11.5 Å². The lowest BCUT2D eigenvalue weighted by atomic mass is 10.1. The molecule has 8 nitrogen and oxygen atoms in total. The number of benzene rings is 2. The lowest BCUT2D eigenvalue weighted by molar-refractivity contribution is 0.0518. The Labute approximate surface area is 172 Å². The highest BCUT2D eigenvalue weighted by Gasteiger charge is 2.22. The number of rotatable bonds is 6. The third-order valence-electron chi connectivity index (χ3n) is 4.54. The Hall–Kier alpha value is -3.81. The molecule has 0 aliphatic carbocycles. The normalized spacial score (nSPS) is 11.9. The summed E-state index contributed by atoms with van der Waals surface area (Å²) in [5, 5.41) is 3.84. The van der Waals surface area contributed by atoms with Gasteiger partial charge in [-0.1, -0.05) is 12.1 Å². The minimum Gasteiger partial charge on any atom is -0.462 e. The zero-order valence-electron chi connectivity index (χ0n) is 16.6. The summed E-state index contributed by atoms with van der Waals surface area (Å²) in [5.74, 6) is 0.138. The van der Waals surface area contributed by atoms with Gasteiger partial charge in [-0.25, -0.2) is 9.59 Å². The maximum absolute atomic E-state index is 12.6. The molecule has 0 saturated carbocycles. The first kappa shape index (κ1) is 19.5. The molecule has 4 rings (SSSR count). The van der Waals surface area contributed by atoms with Gasteiger partial charge in [0, 0.05) is 17.6 Å². The molecule has 1 aliphatic heterocycles. The predicted molar refractivity (Wildman–Crippen MR) is 110 cm³/mol. The van der Waals surface area contributed by atoms with Crippen LogP contribution < -0.4 is 14.8 Å². The first-order chi connectivity index (χ1) is 14.6. The van der Waals surface area contributed by atoms with Crippen molar-refractivity contribution in [2.24, 2.45) is 0 Å². The average molecular weight is 408 g/mol. The van der Waals surface area contributed by atoms with E-state index in [0.29, 0.717) is 39.3 Å². The second-order valence-corrected chi connectivity index (χ2v) is 6.38. The number of carbonyl (C=O) groups is 2. The van der Waals surface area contributed by atoms with E-state index in [1.165, 1.54) is 6.20 Å². The molecule has 30 heavy (non-hydrogen) atoms. The van der Waals surface area contributed by atoms with Gasteiger partial charge in [-0.3, -0.25) is 4.98 Å². The number of esters is 2. The number of ether oxygens (including phenoxy) is 4. The Bertz CT molecular complexity index is 1130. The zero-order valence-corrected chi connectivity index (χ0v) is 16.6. The van der Waals surface area contributed by atoms with Crippen LogP contribution in [0.25, 0.3) is 10.9 Å². The van der Waals surface area contributed by atoms with E-state index < -0.39 is 11.9 Å². The van der Waals surface area contributed by atoms with Crippen molar-refractivity contribution in [3.63, 3.8) is 0 Å². The van der Waals surface area contributed by atoms with Crippen molar-refractivity contribution in [1.29, 1.82) is 0 Å². The van der Waals surface area contributed by atoms with Crippen LogP contribution in [0.1, 0.15) is 34.6 Å². The Kier molecular flexibility index (Phi) is 5.38. The van der Waals surface area contributed by atoms with Crippen molar-refractivity contribution >= 4 is 34.2 Å². The molecule has 2 aromatic carbocycles. The number of pyridine rings is 1. The average Bonchev–Trinajstić information content (AvgIpc) is 3.20. The van der Waals surface area contributed by atoms with Gasteiger partial charge in [-0.2, -0.15) is 0 Å². The molecule has 3 aromatic rings. The highest BCUT2D eigenvalue weighted by Crippen LogP contribution is 2.40. The summed E-state index contributed by atoms with van der Waals surface area (Å²) in [6.45, 7) is 4.06. The Morgan fingerprint density at radius 2 is 1.67 bits per heavy atom. The van der Waals surface area contributed by atoms with Crippen LogP contribution >= 0.6 is 0 Å². The molecule has 0 fully saturated rings. The molecule has 154 valence electrons. The molecule has 1 N–H and O–H groups in total. The second kappa shape index (κ2) is 8.28. The minimum absolute atomic E-state index is 0.116. The molecule has 0 spiro atoms. The Morgan fingerprint density at radius 1 is 1.00 bits per heavy atom. The Morgan fingerprint density at radius 3 is 2.40 bits per heavy atom. The standard InChI is InChI=1S/C22H20N2O6/c1-3-27-21(25)13-7-5-6-8-16(13)24-20-14-9-18-19(30-12-29-18)10-17(14)23-11-15(20)22(26)28-4-2/h5-11H,3-4,12H2,1-2H3,(H,23,24). The fourth-order valence-electron chi connectivity index (χ4n) is 3.19. The van der Waals surface area contributed by atoms with Crippen LogP contribution in [-0.2, 0) is 9.47 Å². The summed E-state index contributed by atoms with van der Waals surface area (Å²) in [6, 6.07) is 10.4. The van der Waals surface area contributed by atoms with E-state index >= 15 is 0 Å². The van der Waals surface area contributed by atoms with E-state index in [4.69, 9.17) is 18.9 Å². The van der Waals surface area contributed by atoms with Gasteiger partial charge in [-0.15, -0.1) is 0 Å². The van der Waals surface area contributed by atoms with Crippen LogP contribution in [0, 0.1) is 0 Å². The third kappa shape index (κ3) is 3.59. The van der Waals surface area contributed by atoms with Gasteiger partial charge in [0.25, 0.3) is 0 Å². The number of hydrogen-bond acceptors (Lipinski definition) is 8. The number of para-hydroxylation sites is 1. The number of nitrogens with one attached hydrogen (secondary N) is 1. The van der Waals surface area contributed by atoms with Crippen LogP contribution in [-0.4, -0.2) is 36.9 Å². The molecule has 8 heteroatoms. The SMILES string of the molecule is CCOC(=O)c1ccccc1Nc1c(C(=O)OCC)cnc2cc3c(cc12)OCO3. The van der Waals surface area contributed by atoms with E-state index in [1.54, 1.807) is 50.2 Å². The van der Waals surface area contributed by atoms with E-state index in [9.17, 15) is 9.59 Å². The summed E-state index contributed by atoms with van der Waals surface area (Å²) < 4.78 is 21.3. The number of fused-ring (bicyclic) bond motifs is 2. The number of carbonyl (C=O) groups excluding carboxylic acids is 2. The van der Waals surface area contributed by atoms with Gasteiger partial charge in [-0.05, 0) is 32.0 Å². The highest BCUT2D eigenvalue weighted by atomic mass is 16.7. The Balaban J connectivity index is 1.87. The van der Waals surface area contributed by atoms with E-state index in [0.717, 1.165) is 0 Å². The molecule has 0 amide bonds. The molecule has 0 saturated heterocycles.